The zero-order chi connectivity index (χ0) is 14.4. The Hall–Kier alpha value is -2.54. The van der Waals surface area contributed by atoms with Crippen LogP contribution in [0.3, 0.4) is 0 Å². The van der Waals surface area contributed by atoms with Crippen molar-refractivity contribution in [3.05, 3.63) is 58.4 Å². The van der Waals surface area contributed by atoms with Crippen LogP contribution in [0.5, 0.6) is 0 Å². The number of aliphatic hydroxyl groups is 1. The van der Waals surface area contributed by atoms with E-state index >= 15 is 0 Å². The van der Waals surface area contributed by atoms with E-state index in [1.54, 1.807) is 4.90 Å². The number of hydrogen-bond donors (Lipinski definition) is 1. The van der Waals surface area contributed by atoms with Crippen LogP contribution >= 0.6 is 0 Å². The smallest absolute Gasteiger partial charge is 0.305 e. The fourth-order valence-electron chi connectivity index (χ4n) is 1.75. The van der Waals surface area contributed by atoms with Gasteiger partial charge in [0.15, 0.2) is 0 Å². The predicted molar refractivity (Wildman–Crippen MR) is 73.3 cm³/mol. The first-order valence-electron chi connectivity index (χ1n) is 6.07. The van der Waals surface area contributed by atoms with E-state index in [1.165, 1.54) is 0 Å². The Labute approximate surface area is 115 Å². The summed E-state index contributed by atoms with van der Waals surface area (Å²) in [5.41, 5.74) is 0.889. The number of rotatable bonds is 6. The molecule has 0 aliphatic carbocycles. The highest BCUT2D eigenvalue weighted by Gasteiger charge is 2.12. The van der Waals surface area contributed by atoms with Gasteiger partial charge in [0.05, 0.1) is 11.5 Å². The molecule has 1 aromatic heterocycles. The molecule has 0 bridgehead atoms. The molecule has 0 atom stereocenters. The van der Waals surface area contributed by atoms with Gasteiger partial charge in [0, 0.05) is 13.1 Å². The van der Waals surface area contributed by atoms with E-state index in [-0.39, 0.29) is 12.3 Å². The van der Waals surface area contributed by atoms with Gasteiger partial charge in [0.1, 0.15) is 12.4 Å². The third-order valence-electron chi connectivity index (χ3n) is 2.70. The van der Waals surface area contributed by atoms with Gasteiger partial charge in [-0.05, 0) is 5.56 Å². The highest BCUT2D eigenvalue weighted by molar-refractivity contribution is 5.35. The lowest BCUT2D eigenvalue weighted by atomic mass is 10.2. The van der Waals surface area contributed by atoms with Crippen molar-refractivity contribution in [1.82, 2.24) is 9.97 Å². The maximum absolute atomic E-state index is 10.6. The average molecular weight is 274 g/mol. The van der Waals surface area contributed by atoms with Crippen LogP contribution in [0.15, 0.2) is 42.7 Å². The molecule has 0 aliphatic rings. The maximum atomic E-state index is 10.6. The number of benzene rings is 1. The van der Waals surface area contributed by atoms with E-state index < -0.39 is 4.92 Å². The van der Waals surface area contributed by atoms with Crippen molar-refractivity contribution in [1.29, 1.82) is 0 Å². The molecule has 0 unspecified atom stereocenters. The average Bonchev–Trinajstić information content (AvgIpc) is 2.48. The minimum atomic E-state index is -0.544. The highest BCUT2D eigenvalue weighted by atomic mass is 16.6. The molecule has 1 heterocycles. The summed E-state index contributed by atoms with van der Waals surface area (Å²) >= 11 is 0. The van der Waals surface area contributed by atoms with Crippen molar-refractivity contribution in [3.63, 3.8) is 0 Å². The summed E-state index contributed by atoms with van der Waals surface area (Å²) in [4.78, 5) is 19.7. The number of aliphatic hydroxyl groups excluding tert-OH is 1. The van der Waals surface area contributed by atoms with Crippen LogP contribution in [0.1, 0.15) is 5.56 Å². The molecule has 0 aliphatic heterocycles. The molecule has 2 rings (SSSR count). The number of hydrogen-bond acceptors (Lipinski definition) is 6. The molecule has 104 valence electrons. The largest absolute Gasteiger partial charge is 0.395 e. The van der Waals surface area contributed by atoms with Gasteiger partial charge in [-0.3, -0.25) is 10.1 Å². The van der Waals surface area contributed by atoms with Crippen molar-refractivity contribution in [3.8, 4) is 0 Å². The lowest BCUT2D eigenvalue weighted by molar-refractivity contribution is -0.385. The van der Waals surface area contributed by atoms with Gasteiger partial charge in [-0.2, -0.15) is 0 Å². The van der Waals surface area contributed by atoms with Gasteiger partial charge in [0.2, 0.25) is 5.95 Å². The van der Waals surface area contributed by atoms with E-state index in [1.807, 2.05) is 30.3 Å². The zero-order valence-corrected chi connectivity index (χ0v) is 10.7. The minimum Gasteiger partial charge on any atom is -0.395 e. The van der Waals surface area contributed by atoms with Gasteiger partial charge >= 0.3 is 5.69 Å². The monoisotopic (exact) mass is 274 g/mol. The summed E-state index contributed by atoms with van der Waals surface area (Å²) in [6.45, 7) is 0.832. The van der Waals surface area contributed by atoms with Gasteiger partial charge in [0.25, 0.3) is 0 Å². The first kappa shape index (κ1) is 13.9. The highest BCUT2D eigenvalue weighted by Crippen LogP contribution is 2.14. The Morgan fingerprint density at radius 1 is 1.20 bits per heavy atom. The lowest BCUT2D eigenvalue weighted by Gasteiger charge is -2.21. The van der Waals surface area contributed by atoms with Crippen molar-refractivity contribution in [2.45, 2.75) is 6.54 Å². The first-order valence-corrected chi connectivity index (χ1v) is 6.07. The second-order valence-electron chi connectivity index (χ2n) is 4.13. The summed E-state index contributed by atoms with van der Waals surface area (Å²) in [6.07, 6.45) is 2.33. The summed E-state index contributed by atoms with van der Waals surface area (Å²) in [5.74, 6) is 0.355. The Bertz CT molecular complexity index is 560. The second kappa shape index (κ2) is 6.58. The molecule has 1 aromatic carbocycles. The lowest BCUT2D eigenvalue weighted by Crippen LogP contribution is -2.27. The molecule has 2 aromatic rings. The number of anilines is 1. The SMILES string of the molecule is O=[N+]([O-])c1cnc(N(CCO)Cc2ccccc2)nc1. The minimum absolute atomic E-state index is 0.0484. The molecule has 0 spiro atoms. The Balaban J connectivity index is 2.17. The zero-order valence-electron chi connectivity index (χ0n) is 10.7. The van der Waals surface area contributed by atoms with Crippen LogP contribution in [0.4, 0.5) is 11.6 Å². The number of nitrogens with zero attached hydrogens (tertiary/aromatic N) is 4. The topological polar surface area (TPSA) is 92.4 Å². The normalized spacial score (nSPS) is 10.2. The molecular formula is C13H14N4O3. The summed E-state index contributed by atoms with van der Waals surface area (Å²) in [7, 11) is 0. The van der Waals surface area contributed by atoms with E-state index in [0.717, 1.165) is 18.0 Å². The van der Waals surface area contributed by atoms with Crippen LogP contribution in [0, 0.1) is 10.1 Å². The molecule has 0 amide bonds. The van der Waals surface area contributed by atoms with Crippen molar-refractivity contribution in [2.75, 3.05) is 18.1 Å². The number of aromatic nitrogens is 2. The van der Waals surface area contributed by atoms with Crippen LogP contribution < -0.4 is 4.90 Å². The molecule has 0 saturated heterocycles. The van der Waals surface area contributed by atoms with E-state index in [2.05, 4.69) is 9.97 Å². The van der Waals surface area contributed by atoms with Gasteiger partial charge in [-0.25, -0.2) is 9.97 Å². The molecular weight excluding hydrogens is 260 g/mol. The molecule has 20 heavy (non-hydrogen) atoms. The van der Waals surface area contributed by atoms with Crippen LogP contribution in [0.2, 0.25) is 0 Å². The first-order chi connectivity index (χ1) is 9.70. The van der Waals surface area contributed by atoms with Crippen molar-refractivity contribution in [2.24, 2.45) is 0 Å². The maximum Gasteiger partial charge on any atom is 0.305 e. The quantitative estimate of drug-likeness (QED) is 0.632. The third kappa shape index (κ3) is 3.48. The summed E-state index contributed by atoms with van der Waals surface area (Å²) in [5, 5.41) is 19.7. The Morgan fingerprint density at radius 3 is 2.40 bits per heavy atom. The van der Waals surface area contributed by atoms with Crippen molar-refractivity contribution >= 4 is 11.6 Å². The summed E-state index contributed by atoms with van der Waals surface area (Å²) < 4.78 is 0. The van der Waals surface area contributed by atoms with E-state index in [0.29, 0.717) is 19.0 Å². The Morgan fingerprint density at radius 2 is 1.85 bits per heavy atom. The van der Waals surface area contributed by atoms with Gasteiger partial charge in [-0.1, -0.05) is 30.3 Å². The fraction of sp³-hybridized carbons (Fsp3) is 0.231. The third-order valence-corrected chi connectivity index (χ3v) is 2.70. The standard InChI is InChI=1S/C13H14N4O3/c18-7-6-16(10-11-4-2-1-3-5-11)13-14-8-12(9-15-13)17(19)20/h1-5,8-9,18H,6-7,10H2. The van der Waals surface area contributed by atoms with Crippen LogP contribution in [0.25, 0.3) is 0 Å². The number of nitro groups is 1. The predicted octanol–water partition coefficient (Wildman–Crippen LogP) is 1.38. The molecule has 0 saturated carbocycles. The molecule has 0 radical (unpaired) electrons. The van der Waals surface area contributed by atoms with Crippen LogP contribution in [-0.2, 0) is 6.54 Å². The molecule has 1 N–H and O–H groups in total. The van der Waals surface area contributed by atoms with Crippen LogP contribution in [-0.4, -0.2) is 33.1 Å². The van der Waals surface area contributed by atoms with Gasteiger partial charge in [-0.15, -0.1) is 0 Å². The van der Waals surface area contributed by atoms with Crippen molar-refractivity contribution < 1.29 is 10.0 Å². The Kier molecular flexibility index (Phi) is 4.56. The second-order valence-corrected chi connectivity index (χ2v) is 4.13. The van der Waals surface area contributed by atoms with E-state index in [9.17, 15) is 10.1 Å². The summed E-state index contributed by atoms with van der Waals surface area (Å²) in [6, 6.07) is 9.67. The van der Waals surface area contributed by atoms with Gasteiger partial charge < -0.3 is 10.0 Å². The van der Waals surface area contributed by atoms with E-state index in [4.69, 9.17) is 5.11 Å². The molecule has 7 nitrogen and oxygen atoms in total. The molecule has 0 fully saturated rings. The fourth-order valence-corrected chi connectivity index (χ4v) is 1.75. The molecule has 7 heteroatoms.